The first-order valence-corrected chi connectivity index (χ1v) is 5.28. The molecule has 0 bridgehead atoms. The van der Waals surface area contributed by atoms with E-state index in [4.69, 9.17) is 4.55 Å². The first kappa shape index (κ1) is 20.3. The van der Waals surface area contributed by atoms with Crippen LogP contribution in [0.3, 0.4) is 0 Å². The van der Waals surface area contributed by atoms with Gasteiger partial charge in [-0.05, 0) is 19.9 Å². The minimum Gasteiger partial charge on any atom is -1.00 e. The van der Waals surface area contributed by atoms with E-state index < -0.39 is 10.1 Å². The van der Waals surface area contributed by atoms with E-state index in [1.165, 1.54) is 6.08 Å². The Bertz CT molecular complexity index is 345. The van der Waals surface area contributed by atoms with Gasteiger partial charge in [0.2, 0.25) is 0 Å². The Labute approximate surface area is 116 Å². The van der Waals surface area contributed by atoms with E-state index in [0.29, 0.717) is 11.0 Å². The van der Waals surface area contributed by atoms with Gasteiger partial charge in [-0.15, -0.1) is 0 Å². The molecule has 0 rings (SSSR count). The van der Waals surface area contributed by atoms with Gasteiger partial charge in [-0.2, -0.15) is 8.42 Å². The van der Waals surface area contributed by atoms with E-state index >= 15 is 0 Å². The van der Waals surface area contributed by atoms with Gasteiger partial charge in [0, 0.05) is 0 Å². The van der Waals surface area contributed by atoms with Crippen molar-refractivity contribution in [1.29, 1.82) is 0 Å². The normalized spacial score (nSPS) is 9.53. The average molecular weight is 240 g/mol. The third-order valence-corrected chi connectivity index (χ3v) is 1.35. The fourth-order valence-corrected chi connectivity index (χ4v) is 0.606. The summed E-state index contributed by atoms with van der Waals surface area (Å²) in [5, 5.41) is 0.690. The maximum Gasteiger partial charge on any atom is 1.00 e. The van der Waals surface area contributed by atoms with Gasteiger partial charge < -0.3 is 1.43 Å². The minimum absolute atomic E-state index is 0. The molecule has 0 aliphatic carbocycles. The third-order valence-electron chi connectivity index (χ3n) is 0.873. The van der Waals surface area contributed by atoms with Gasteiger partial charge in [0.05, 0.1) is 5.41 Å². The Morgan fingerprint density at radius 2 is 1.60 bits per heavy atom. The molecule has 82 valence electrons. The van der Waals surface area contributed by atoms with Crippen molar-refractivity contribution < 1.29 is 44.0 Å². The average Bonchev–Trinajstić information content (AvgIpc) is 2.01. The summed E-state index contributed by atoms with van der Waals surface area (Å²) < 4.78 is 28.0. The van der Waals surface area contributed by atoms with Crippen LogP contribution in [0.1, 0.15) is 15.3 Å². The number of hydrogen-bond acceptors (Lipinski definition) is 2. The van der Waals surface area contributed by atoms with Crippen LogP contribution in [-0.4, -0.2) is 13.0 Å². The van der Waals surface area contributed by atoms with Crippen LogP contribution in [-0.2, 0) is 10.1 Å². The van der Waals surface area contributed by atoms with Crippen LogP contribution in [0, 0.1) is 0 Å². The van der Waals surface area contributed by atoms with E-state index in [1.54, 1.807) is 13.0 Å². The molecule has 0 saturated heterocycles. The Hall–Kier alpha value is -0.130. The summed E-state index contributed by atoms with van der Waals surface area (Å²) in [4.78, 5) is 0. The predicted octanol–water partition coefficient (Wildman–Crippen LogP) is -0.171. The molecular formula is C10H17NaO3S. The number of hydrogen-bond donors (Lipinski definition) is 1. The van der Waals surface area contributed by atoms with Gasteiger partial charge in [-0.25, -0.2) is 0 Å². The van der Waals surface area contributed by atoms with Crippen LogP contribution in [0.5, 0.6) is 0 Å². The molecule has 3 nitrogen and oxygen atoms in total. The molecule has 0 atom stereocenters. The topological polar surface area (TPSA) is 54.4 Å². The number of allylic oxidation sites excluding steroid dienone is 4. The molecule has 0 radical (unpaired) electrons. The van der Waals surface area contributed by atoms with Crippen molar-refractivity contribution in [3.8, 4) is 0 Å². The van der Waals surface area contributed by atoms with E-state index in [2.05, 4.69) is 19.7 Å². The second-order valence-electron chi connectivity index (χ2n) is 2.71. The fraction of sp³-hybridized carbons (Fsp3) is 0.200. The summed E-state index contributed by atoms with van der Waals surface area (Å²) in [5.41, 5.74) is 1.60. The maximum absolute atomic E-state index is 9.96. The van der Waals surface area contributed by atoms with Gasteiger partial charge in [0.25, 0.3) is 10.1 Å². The third kappa shape index (κ3) is 31.6. The Morgan fingerprint density at radius 3 is 1.67 bits per heavy atom. The van der Waals surface area contributed by atoms with Crippen molar-refractivity contribution in [1.82, 2.24) is 0 Å². The van der Waals surface area contributed by atoms with E-state index in [-0.39, 0.29) is 31.0 Å². The van der Waals surface area contributed by atoms with Crippen LogP contribution in [0.4, 0.5) is 0 Å². The van der Waals surface area contributed by atoms with E-state index in [9.17, 15) is 8.42 Å². The molecule has 0 aliphatic rings. The molecule has 0 aromatic rings. The number of rotatable bonds is 3. The second-order valence-corrected chi connectivity index (χ2v) is 4.02. The van der Waals surface area contributed by atoms with Gasteiger partial charge in [-0.3, -0.25) is 4.55 Å². The SMILES string of the molecule is C=C(C)C=CS(=O)(=O)O.C=CC(=C)C.[H-].[Na+]. The zero-order valence-corrected chi connectivity index (χ0v) is 12.3. The summed E-state index contributed by atoms with van der Waals surface area (Å²) in [7, 11) is -3.96. The molecule has 0 saturated carbocycles. The van der Waals surface area contributed by atoms with E-state index in [1.807, 2.05) is 6.92 Å². The fourth-order valence-electron chi connectivity index (χ4n) is 0.202. The van der Waals surface area contributed by atoms with Crippen molar-refractivity contribution in [2.45, 2.75) is 13.8 Å². The molecule has 15 heavy (non-hydrogen) atoms. The molecule has 5 heteroatoms. The minimum atomic E-state index is -3.96. The van der Waals surface area contributed by atoms with Crippen LogP contribution in [0.2, 0.25) is 0 Å². The maximum atomic E-state index is 9.96. The van der Waals surface area contributed by atoms with Gasteiger partial charge in [0.1, 0.15) is 0 Å². The van der Waals surface area contributed by atoms with Crippen molar-refractivity contribution in [2.75, 3.05) is 0 Å². The van der Waals surface area contributed by atoms with Crippen LogP contribution in [0.25, 0.3) is 0 Å². The summed E-state index contributed by atoms with van der Waals surface area (Å²) in [5.74, 6) is 0. The first-order valence-electron chi connectivity index (χ1n) is 3.78. The Balaban J connectivity index is -0.0000000904. The molecule has 0 aromatic carbocycles. The molecule has 0 aliphatic heterocycles. The molecule has 0 fully saturated rings. The second kappa shape index (κ2) is 10.4. The van der Waals surface area contributed by atoms with Crippen molar-refractivity contribution in [3.05, 3.63) is 48.4 Å². The van der Waals surface area contributed by atoms with Crippen LogP contribution >= 0.6 is 0 Å². The largest absolute Gasteiger partial charge is 1.00 e. The summed E-state index contributed by atoms with van der Waals surface area (Å²) >= 11 is 0. The standard InChI is InChI=1S/C5H8O3S.C5H8.Na.H/c1-5(2)3-4-9(6,7)8;1-4-5(2)3;;/h3-4H,1H2,2H3,(H,6,7,8);4H,1-2H2,3H3;;/q;;+1;-1. The monoisotopic (exact) mass is 240 g/mol. The first-order chi connectivity index (χ1) is 6.19. The molecule has 0 spiro atoms. The Morgan fingerprint density at radius 1 is 1.27 bits per heavy atom. The summed E-state index contributed by atoms with van der Waals surface area (Å²) in [6, 6.07) is 0. The quantitative estimate of drug-likeness (QED) is 0.423. The zero-order chi connectivity index (χ0) is 11.8. The molecule has 0 aromatic heterocycles. The molecule has 0 heterocycles. The molecule has 1 N–H and O–H groups in total. The zero-order valence-electron chi connectivity index (χ0n) is 10.5. The van der Waals surface area contributed by atoms with E-state index in [0.717, 1.165) is 5.57 Å². The summed E-state index contributed by atoms with van der Waals surface area (Å²) in [6.45, 7) is 13.9. The van der Waals surface area contributed by atoms with Crippen molar-refractivity contribution in [3.63, 3.8) is 0 Å². The summed E-state index contributed by atoms with van der Waals surface area (Å²) in [6.07, 6.45) is 2.94. The van der Waals surface area contributed by atoms with Gasteiger partial charge in [0.15, 0.2) is 0 Å². The Kier molecular flexibility index (Phi) is 14.1. The smallest absolute Gasteiger partial charge is 1.00 e. The molecule has 0 amide bonds. The predicted molar refractivity (Wildman–Crippen MR) is 61.6 cm³/mol. The van der Waals surface area contributed by atoms with Gasteiger partial charge in [-0.1, -0.05) is 37.0 Å². The van der Waals surface area contributed by atoms with Gasteiger partial charge >= 0.3 is 29.6 Å². The van der Waals surface area contributed by atoms with Crippen LogP contribution < -0.4 is 29.6 Å². The molecule has 0 unspecified atom stereocenters. The molecular weight excluding hydrogens is 223 g/mol. The van der Waals surface area contributed by atoms with Crippen molar-refractivity contribution in [2.24, 2.45) is 0 Å². The van der Waals surface area contributed by atoms with Crippen molar-refractivity contribution >= 4 is 10.1 Å². The van der Waals surface area contributed by atoms with Crippen LogP contribution in [0.15, 0.2) is 48.4 Å².